The average Bonchev–Trinajstić information content (AvgIpc) is 3.21. The van der Waals surface area contributed by atoms with Crippen molar-refractivity contribution in [1.82, 2.24) is 19.9 Å². The number of ether oxygens (including phenoxy) is 1. The van der Waals surface area contributed by atoms with Crippen LogP contribution in [-0.4, -0.2) is 46.5 Å². The van der Waals surface area contributed by atoms with E-state index in [1.54, 1.807) is 18.6 Å². The van der Waals surface area contributed by atoms with Gasteiger partial charge in [-0.3, -0.25) is 0 Å². The van der Waals surface area contributed by atoms with Crippen molar-refractivity contribution in [1.29, 1.82) is 0 Å². The van der Waals surface area contributed by atoms with Crippen molar-refractivity contribution in [3.8, 4) is 5.75 Å². The highest BCUT2D eigenvalue weighted by molar-refractivity contribution is 5.94. The molecule has 0 spiro atoms. The summed E-state index contributed by atoms with van der Waals surface area (Å²) >= 11 is 0. The first-order valence-corrected chi connectivity index (χ1v) is 7.75. The van der Waals surface area contributed by atoms with Crippen LogP contribution in [0.15, 0.2) is 43.0 Å². The molecule has 0 aliphatic heterocycles. The lowest BCUT2D eigenvalue weighted by molar-refractivity contribution is -0.128. The summed E-state index contributed by atoms with van der Waals surface area (Å²) in [6.07, 6.45) is 9.08. The molecule has 0 aliphatic rings. The average molecular weight is 324 g/mol. The molecule has 0 unspecified atom stereocenters. The van der Waals surface area contributed by atoms with E-state index in [-0.39, 0.29) is 0 Å². The maximum Gasteiger partial charge on any atom is 0.336 e. The Morgan fingerprint density at radius 3 is 2.96 bits per heavy atom. The summed E-state index contributed by atoms with van der Waals surface area (Å²) < 4.78 is 5.54. The van der Waals surface area contributed by atoms with Crippen molar-refractivity contribution < 1.29 is 9.53 Å². The Morgan fingerprint density at radius 1 is 1.33 bits per heavy atom. The number of rotatable bonds is 6. The molecule has 24 heavy (non-hydrogen) atoms. The van der Waals surface area contributed by atoms with Crippen LogP contribution in [0, 0.1) is 0 Å². The molecule has 0 amide bonds. The first-order valence-electron chi connectivity index (χ1n) is 7.75. The van der Waals surface area contributed by atoms with Gasteiger partial charge in [-0.05, 0) is 44.3 Å². The van der Waals surface area contributed by atoms with Gasteiger partial charge in [0.05, 0.1) is 18.2 Å². The number of benzene rings is 1. The standard InChI is InChI=1S/C18H20N4O2/c1-22(2)9-8-13-10-20-15-4-3-5-16(18(13)15)24-17(23)7-6-14-11-19-12-21-14/h3-7,10-12,20H,8-9H2,1-2H3,(H,19,21)/b7-6+. The molecular weight excluding hydrogens is 304 g/mol. The number of likely N-dealkylation sites (N-methyl/N-ethyl adjacent to an activating group) is 1. The lowest BCUT2D eigenvalue weighted by Crippen LogP contribution is -2.15. The number of hydrogen-bond donors (Lipinski definition) is 2. The summed E-state index contributed by atoms with van der Waals surface area (Å²) in [7, 11) is 4.08. The van der Waals surface area contributed by atoms with E-state index in [1.807, 2.05) is 38.5 Å². The van der Waals surface area contributed by atoms with E-state index in [0.29, 0.717) is 5.75 Å². The third-order valence-electron chi connectivity index (χ3n) is 3.71. The monoisotopic (exact) mass is 324 g/mol. The van der Waals surface area contributed by atoms with E-state index < -0.39 is 5.97 Å². The van der Waals surface area contributed by atoms with E-state index in [9.17, 15) is 4.79 Å². The maximum absolute atomic E-state index is 12.1. The molecule has 2 N–H and O–H groups in total. The quantitative estimate of drug-likeness (QED) is 0.415. The lowest BCUT2D eigenvalue weighted by Gasteiger charge is -2.09. The van der Waals surface area contributed by atoms with Gasteiger partial charge in [0.1, 0.15) is 5.75 Å². The van der Waals surface area contributed by atoms with E-state index >= 15 is 0 Å². The molecule has 0 saturated carbocycles. The van der Waals surface area contributed by atoms with Crippen LogP contribution in [0.25, 0.3) is 17.0 Å². The Hall–Kier alpha value is -2.86. The van der Waals surface area contributed by atoms with Gasteiger partial charge in [0.2, 0.25) is 0 Å². The predicted octanol–water partition coefficient (Wildman–Crippen LogP) is 2.61. The minimum absolute atomic E-state index is 0.420. The second kappa shape index (κ2) is 7.14. The summed E-state index contributed by atoms with van der Waals surface area (Å²) in [6.45, 7) is 0.926. The second-order valence-electron chi connectivity index (χ2n) is 5.81. The highest BCUT2D eigenvalue weighted by Gasteiger charge is 2.12. The highest BCUT2D eigenvalue weighted by atomic mass is 16.5. The molecule has 3 aromatic rings. The molecule has 0 fully saturated rings. The summed E-state index contributed by atoms with van der Waals surface area (Å²) in [4.78, 5) is 24.3. The first kappa shape index (κ1) is 16.0. The number of aromatic nitrogens is 3. The third-order valence-corrected chi connectivity index (χ3v) is 3.71. The zero-order valence-corrected chi connectivity index (χ0v) is 13.7. The molecule has 3 rings (SSSR count). The molecule has 6 nitrogen and oxygen atoms in total. The van der Waals surface area contributed by atoms with Crippen LogP contribution in [0.5, 0.6) is 5.75 Å². The zero-order chi connectivity index (χ0) is 16.9. The van der Waals surface area contributed by atoms with Crippen molar-refractivity contribution in [2.24, 2.45) is 0 Å². The number of nitrogens with one attached hydrogen (secondary N) is 2. The maximum atomic E-state index is 12.1. The van der Waals surface area contributed by atoms with Gasteiger partial charge in [-0.15, -0.1) is 0 Å². The lowest BCUT2D eigenvalue weighted by atomic mass is 10.1. The van der Waals surface area contributed by atoms with E-state index in [1.165, 1.54) is 6.08 Å². The van der Waals surface area contributed by atoms with Crippen molar-refractivity contribution in [3.63, 3.8) is 0 Å². The van der Waals surface area contributed by atoms with Crippen LogP contribution in [0.1, 0.15) is 11.3 Å². The van der Waals surface area contributed by atoms with Crippen molar-refractivity contribution in [2.45, 2.75) is 6.42 Å². The summed E-state index contributed by atoms with van der Waals surface area (Å²) in [5.74, 6) is 0.152. The summed E-state index contributed by atoms with van der Waals surface area (Å²) in [5.41, 5.74) is 2.85. The number of carbonyl (C=O) groups is 1. The van der Waals surface area contributed by atoms with Gasteiger partial charge in [-0.2, -0.15) is 0 Å². The Balaban J connectivity index is 1.80. The summed E-state index contributed by atoms with van der Waals surface area (Å²) in [6, 6.07) is 5.67. The number of nitrogens with zero attached hydrogens (tertiary/aromatic N) is 2. The summed E-state index contributed by atoms with van der Waals surface area (Å²) in [5, 5.41) is 0.961. The Bertz CT molecular complexity index is 847. The molecule has 6 heteroatoms. The van der Waals surface area contributed by atoms with Gasteiger partial charge in [0, 0.05) is 29.7 Å². The Kier molecular flexibility index (Phi) is 4.77. The number of fused-ring (bicyclic) bond motifs is 1. The second-order valence-corrected chi connectivity index (χ2v) is 5.81. The number of carbonyl (C=O) groups excluding carboxylic acids is 1. The Labute approximate surface area is 140 Å². The number of aromatic amines is 2. The molecule has 0 saturated heterocycles. The fourth-order valence-electron chi connectivity index (χ4n) is 2.50. The van der Waals surface area contributed by atoms with Crippen molar-refractivity contribution >= 4 is 22.9 Å². The molecule has 124 valence electrons. The van der Waals surface area contributed by atoms with Gasteiger partial charge in [-0.25, -0.2) is 9.78 Å². The fraction of sp³-hybridized carbons (Fsp3) is 0.222. The van der Waals surface area contributed by atoms with Gasteiger partial charge < -0.3 is 19.6 Å². The van der Waals surface area contributed by atoms with Gasteiger partial charge >= 0.3 is 5.97 Å². The normalized spacial score (nSPS) is 11.6. The van der Waals surface area contributed by atoms with Crippen LogP contribution in [-0.2, 0) is 11.2 Å². The zero-order valence-electron chi connectivity index (χ0n) is 13.7. The predicted molar refractivity (Wildman–Crippen MR) is 93.8 cm³/mol. The van der Waals surface area contributed by atoms with Crippen molar-refractivity contribution in [2.75, 3.05) is 20.6 Å². The highest BCUT2D eigenvalue weighted by Crippen LogP contribution is 2.29. The molecule has 1 aromatic carbocycles. The minimum Gasteiger partial charge on any atom is -0.423 e. The van der Waals surface area contributed by atoms with Crippen molar-refractivity contribution in [3.05, 3.63) is 54.3 Å². The SMILES string of the molecule is CN(C)CCc1c[nH]c2cccc(OC(=O)/C=C/c3cnc[nH]3)c12. The molecular formula is C18H20N4O2. The van der Waals surface area contributed by atoms with Crippen LogP contribution in [0.2, 0.25) is 0 Å². The van der Waals surface area contributed by atoms with Crippen LogP contribution in [0.4, 0.5) is 0 Å². The molecule has 0 aliphatic carbocycles. The van der Waals surface area contributed by atoms with Crippen LogP contribution >= 0.6 is 0 Å². The molecule has 2 aromatic heterocycles. The largest absolute Gasteiger partial charge is 0.423 e. The van der Waals surface area contributed by atoms with Crippen LogP contribution < -0.4 is 4.74 Å². The van der Waals surface area contributed by atoms with Gasteiger partial charge in [-0.1, -0.05) is 6.07 Å². The molecule has 0 atom stereocenters. The minimum atomic E-state index is -0.420. The number of esters is 1. The van der Waals surface area contributed by atoms with E-state index in [4.69, 9.17) is 4.74 Å². The van der Waals surface area contributed by atoms with Crippen LogP contribution in [0.3, 0.4) is 0 Å². The fourth-order valence-corrected chi connectivity index (χ4v) is 2.50. The smallest absolute Gasteiger partial charge is 0.336 e. The topological polar surface area (TPSA) is 74.0 Å². The molecule has 0 radical (unpaired) electrons. The third kappa shape index (κ3) is 3.72. The van der Waals surface area contributed by atoms with Gasteiger partial charge in [0.25, 0.3) is 0 Å². The number of H-pyrrole nitrogens is 2. The number of hydrogen-bond acceptors (Lipinski definition) is 4. The Morgan fingerprint density at radius 2 is 2.21 bits per heavy atom. The number of imidazole rings is 1. The molecule has 2 heterocycles. The van der Waals surface area contributed by atoms with E-state index in [2.05, 4.69) is 19.9 Å². The van der Waals surface area contributed by atoms with Gasteiger partial charge in [0.15, 0.2) is 0 Å². The molecule has 0 bridgehead atoms. The van der Waals surface area contributed by atoms with E-state index in [0.717, 1.165) is 35.1 Å². The first-order chi connectivity index (χ1) is 11.6.